The van der Waals surface area contributed by atoms with Gasteiger partial charge in [-0.05, 0) is 12.8 Å². The van der Waals surface area contributed by atoms with E-state index in [0.717, 1.165) is 24.9 Å². The number of ether oxygens (including phenoxy) is 1. The SMILES string of the molecule is Cl.Cl.N#Cc1cncc2c1OCC1(CC1)NC2. The summed E-state index contributed by atoms with van der Waals surface area (Å²) in [4.78, 5) is 4.04. The molecule has 1 saturated carbocycles. The van der Waals surface area contributed by atoms with Crippen molar-refractivity contribution in [3.05, 3.63) is 23.5 Å². The number of halogens is 2. The molecule has 1 aromatic heterocycles. The van der Waals surface area contributed by atoms with Gasteiger partial charge in [-0.1, -0.05) is 0 Å². The molecule has 1 spiro atoms. The Hall–Kier alpha value is -1.02. The molecule has 92 valence electrons. The quantitative estimate of drug-likeness (QED) is 0.784. The van der Waals surface area contributed by atoms with Crippen LogP contribution in [-0.2, 0) is 6.54 Å². The van der Waals surface area contributed by atoms with Gasteiger partial charge in [-0.3, -0.25) is 4.98 Å². The van der Waals surface area contributed by atoms with Crippen molar-refractivity contribution in [2.75, 3.05) is 6.61 Å². The zero-order valence-corrected chi connectivity index (χ0v) is 10.7. The van der Waals surface area contributed by atoms with Gasteiger partial charge in [-0.2, -0.15) is 5.26 Å². The van der Waals surface area contributed by atoms with Gasteiger partial charge in [-0.25, -0.2) is 0 Å². The summed E-state index contributed by atoms with van der Waals surface area (Å²) in [6, 6.07) is 2.12. The molecule has 17 heavy (non-hydrogen) atoms. The van der Waals surface area contributed by atoms with Crippen LogP contribution < -0.4 is 10.1 Å². The largest absolute Gasteiger partial charge is 0.490 e. The molecule has 2 aliphatic rings. The predicted molar refractivity (Wildman–Crippen MR) is 67.7 cm³/mol. The molecule has 1 aliphatic carbocycles. The molecule has 1 N–H and O–H groups in total. The van der Waals surface area contributed by atoms with Gasteiger partial charge in [0, 0.05) is 24.5 Å². The summed E-state index contributed by atoms with van der Waals surface area (Å²) in [5, 5.41) is 12.4. The maximum absolute atomic E-state index is 8.94. The van der Waals surface area contributed by atoms with E-state index in [0.29, 0.717) is 17.9 Å². The Morgan fingerprint density at radius 1 is 1.35 bits per heavy atom. The van der Waals surface area contributed by atoms with Crippen LogP contribution in [0.2, 0.25) is 0 Å². The highest BCUT2D eigenvalue weighted by Gasteiger charge is 2.44. The summed E-state index contributed by atoms with van der Waals surface area (Å²) in [5.74, 6) is 0.712. The molecule has 1 aliphatic heterocycles. The van der Waals surface area contributed by atoms with Crippen LogP contribution in [-0.4, -0.2) is 17.1 Å². The summed E-state index contributed by atoms with van der Waals surface area (Å²) in [7, 11) is 0. The van der Waals surface area contributed by atoms with Crippen LogP contribution in [0.25, 0.3) is 0 Å². The fourth-order valence-corrected chi connectivity index (χ4v) is 1.88. The van der Waals surface area contributed by atoms with E-state index in [1.165, 1.54) is 0 Å². The number of fused-ring (bicyclic) bond motifs is 1. The first kappa shape index (κ1) is 14.0. The molecule has 0 aromatic carbocycles. The summed E-state index contributed by atoms with van der Waals surface area (Å²) in [6.07, 6.45) is 5.65. The first-order valence-corrected chi connectivity index (χ1v) is 5.08. The monoisotopic (exact) mass is 273 g/mol. The highest BCUT2D eigenvalue weighted by atomic mass is 35.5. The van der Waals surface area contributed by atoms with Crippen molar-refractivity contribution < 1.29 is 4.74 Å². The fourth-order valence-electron chi connectivity index (χ4n) is 1.88. The zero-order valence-electron chi connectivity index (χ0n) is 9.10. The topological polar surface area (TPSA) is 57.9 Å². The first-order valence-electron chi connectivity index (χ1n) is 5.08. The normalized spacial score (nSPS) is 18.5. The third-order valence-corrected chi connectivity index (χ3v) is 3.09. The molecular weight excluding hydrogens is 261 g/mol. The summed E-state index contributed by atoms with van der Waals surface area (Å²) < 4.78 is 5.72. The number of nitrogens with one attached hydrogen (secondary N) is 1. The third-order valence-electron chi connectivity index (χ3n) is 3.09. The molecular formula is C11H13Cl2N3O. The molecule has 0 atom stereocenters. The lowest BCUT2D eigenvalue weighted by molar-refractivity contribution is 0.266. The second kappa shape index (κ2) is 5.09. The maximum Gasteiger partial charge on any atom is 0.144 e. The Bertz CT molecular complexity index is 455. The van der Waals surface area contributed by atoms with Gasteiger partial charge in [0.25, 0.3) is 0 Å². The second-order valence-corrected chi connectivity index (χ2v) is 4.21. The minimum atomic E-state index is 0. The number of aromatic nitrogens is 1. The number of nitriles is 1. The Balaban J connectivity index is 0.000000722. The number of hydrogen-bond acceptors (Lipinski definition) is 4. The van der Waals surface area contributed by atoms with Crippen molar-refractivity contribution in [3.8, 4) is 11.8 Å². The van der Waals surface area contributed by atoms with Crippen molar-refractivity contribution >= 4 is 24.8 Å². The van der Waals surface area contributed by atoms with Gasteiger partial charge >= 0.3 is 0 Å². The highest BCUT2D eigenvalue weighted by molar-refractivity contribution is 5.85. The number of pyridine rings is 1. The molecule has 0 unspecified atom stereocenters. The van der Waals surface area contributed by atoms with E-state index in [-0.39, 0.29) is 30.4 Å². The summed E-state index contributed by atoms with van der Waals surface area (Å²) in [5.41, 5.74) is 1.69. The van der Waals surface area contributed by atoms with E-state index in [4.69, 9.17) is 10.00 Å². The van der Waals surface area contributed by atoms with Gasteiger partial charge in [0.05, 0.1) is 5.54 Å². The summed E-state index contributed by atoms with van der Waals surface area (Å²) >= 11 is 0. The van der Waals surface area contributed by atoms with Crippen LogP contribution >= 0.6 is 24.8 Å². The number of nitrogens with zero attached hydrogens (tertiary/aromatic N) is 2. The van der Waals surface area contributed by atoms with Crippen LogP contribution in [0.3, 0.4) is 0 Å². The van der Waals surface area contributed by atoms with E-state index in [1.54, 1.807) is 12.4 Å². The standard InChI is InChI=1S/C11H11N3O.2ClH/c12-3-8-4-13-5-9-6-14-11(1-2-11)7-15-10(8)9;;/h4-5,14H,1-2,6-7H2;2*1H. The van der Waals surface area contributed by atoms with Crippen molar-refractivity contribution in [2.45, 2.75) is 24.9 Å². The predicted octanol–water partition coefficient (Wildman–Crippen LogP) is 1.81. The highest BCUT2D eigenvalue weighted by Crippen LogP contribution is 2.39. The molecule has 1 aromatic rings. The number of rotatable bonds is 0. The van der Waals surface area contributed by atoms with Crippen LogP contribution in [0.15, 0.2) is 12.4 Å². The van der Waals surface area contributed by atoms with Gasteiger partial charge in [-0.15, -0.1) is 24.8 Å². The Morgan fingerprint density at radius 3 is 2.76 bits per heavy atom. The van der Waals surface area contributed by atoms with Crippen molar-refractivity contribution in [1.82, 2.24) is 10.3 Å². The first-order chi connectivity index (χ1) is 7.33. The Morgan fingerprint density at radius 2 is 2.12 bits per heavy atom. The molecule has 3 rings (SSSR count). The van der Waals surface area contributed by atoms with E-state index in [9.17, 15) is 0 Å². The molecule has 0 amide bonds. The van der Waals surface area contributed by atoms with Gasteiger partial charge in [0.2, 0.25) is 0 Å². The third kappa shape index (κ3) is 2.47. The van der Waals surface area contributed by atoms with E-state index in [2.05, 4.69) is 16.4 Å². The van der Waals surface area contributed by atoms with Crippen molar-refractivity contribution in [3.63, 3.8) is 0 Å². The minimum Gasteiger partial charge on any atom is -0.490 e. The minimum absolute atomic E-state index is 0. The van der Waals surface area contributed by atoms with Gasteiger partial charge in [0.15, 0.2) is 0 Å². The van der Waals surface area contributed by atoms with Gasteiger partial charge < -0.3 is 10.1 Å². The van der Waals surface area contributed by atoms with E-state index < -0.39 is 0 Å². The van der Waals surface area contributed by atoms with Crippen molar-refractivity contribution in [1.29, 1.82) is 5.26 Å². The summed E-state index contributed by atoms with van der Waals surface area (Å²) in [6.45, 7) is 1.41. The van der Waals surface area contributed by atoms with Crippen LogP contribution in [0.1, 0.15) is 24.0 Å². The molecule has 6 heteroatoms. The fraction of sp³-hybridized carbons (Fsp3) is 0.455. The molecule has 2 heterocycles. The van der Waals surface area contributed by atoms with E-state index >= 15 is 0 Å². The smallest absolute Gasteiger partial charge is 0.144 e. The lowest BCUT2D eigenvalue weighted by Gasteiger charge is -2.12. The second-order valence-electron chi connectivity index (χ2n) is 4.21. The molecule has 4 nitrogen and oxygen atoms in total. The molecule has 0 saturated heterocycles. The molecule has 0 bridgehead atoms. The number of hydrogen-bond donors (Lipinski definition) is 1. The lowest BCUT2D eigenvalue weighted by Crippen LogP contribution is -2.34. The van der Waals surface area contributed by atoms with Crippen LogP contribution in [0.4, 0.5) is 0 Å². The lowest BCUT2D eigenvalue weighted by atomic mass is 10.2. The van der Waals surface area contributed by atoms with E-state index in [1.807, 2.05) is 0 Å². The van der Waals surface area contributed by atoms with Crippen molar-refractivity contribution in [2.24, 2.45) is 0 Å². The molecule has 1 fully saturated rings. The Kier molecular flexibility index (Phi) is 4.21. The zero-order chi connectivity index (χ0) is 10.3. The average Bonchev–Trinajstić information content (AvgIpc) is 3.07. The van der Waals surface area contributed by atoms with Crippen LogP contribution in [0.5, 0.6) is 5.75 Å². The van der Waals surface area contributed by atoms with Gasteiger partial charge in [0.1, 0.15) is 24.0 Å². The average molecular weight is 274 g/mol. The maximum atomic E-state index is 8.94. The van der Waals surface area contributed by atoms with Crippen LogP contribution in [0, 0.1) is 11.3 Å². The Labute approximate surface area is 112 Å². The molecule has 0 radical (unpaired) electrons.